The van der Waals surface area contributed by atoms with Crippen molar-refractivity contribution >= 4 is 11.7 Å². The van der Waals surface area contributed by atoms with Gasteiger partial charge in [0.25, 0.3) is 0 Å². The third kappa shape index (κ3) is 4.91. The largest absolute Gasteiger partial charge is 0.496 e. The Morgan fingerprint density at radius 2 is 1.70 bits per heavy atom. The minimum Gasteiger partial charge on any atom is -0.496 e. The number of nitrogens with one attached hydrogen (secondary N) is 1. The quantitative estimate of drug-likeness (QED) is 0.638. The number of nitrogens with zero attached hydrogens (tertiary/aromatic N) is 1. The van der Waals surface area contributed by atoms with Gasteiger partial charge in [0.2, 0.25) is 5.91 Å². The molecule has 0 saturated carbocycles. The Hall–Kier alpha value is -3.06. The molecular weight excluding hydrogens is 384 g/mol. The summed E-state index contributed by atoms with van der Waals surface area (Å²) in [4.78, 5) is 27.8. The second kappa shape index (κ2) is 10.1. The van der Waals surface area contributed by atoms with E-state index in [0.717, 1.165) is 18.4 Å². The van der Waals surface area contributed by atoms with E-state index in [0.29, 0.717) is 35.9 Å². The summed E-state index contributed by atoms with van der Waals surface area (Å²) >= 11 is 0. The first kappa shape index (κ1) is 21.6. The topological polar surface area (TPSA) is 77.1 Å². The van der Waals surface area contributed by atoms with Crippen LogP contribution in [-0.4, -0.2) is 57.1 Å². The molecule has 7 heteroatoms. The summed E-state index contributed by atoms with van der Waals surface area (Å²) in [6, 6.07) is 12.8. The lowest BCUT2D eigenvalue weighted by Crippen LogP contribution is -2.44. The average Bonchev–Trinajstić information content (AvgIpc) is 3.25. The van der Waals surface area contributed by atoms with Crippen LogP contribution in [0.3, 0.4) is 0 Å². The van der Waals surface area contributed by atoms with E-state index in [-0.39, 0.29) is 24.3 Å². The van der Waals surface area contributed by atoms with E-state index in [4.69, 9.17) is 14.2 Å². The van der Waals surface area contributed by atoms with E-state index < -0.39 is 0 Å². The Bertz CT molecular complexity index is 859. The van der Waals surface area contributed by atoms with Gasteiger partial charge in [-0.2, -0.15) is 0 Å². The van der Waals surface area contributed by atoms with Crippen molar-refractivity contribution in [3.05, 3.63) is 53.6 Å². The molecule has 0 spiro atoms. The van der Waals surface area contributed by atoms with Crippen molar-refractivity contribution in [3.63, 3.8) is 0 Å². The fourth-order valence-electron chi connectivity index (χ4n) is 3.76. The van der Waals surface area contributed by atoms with E-state index in [1.807, 2.05) is 35.2 Å². The molecule has 7 nitrogen and oxygen atoms in total. The Kier molecular flexibility index (Phi) is 7.30. The highest BCUT2D eigenvalue weighted by molar-refractivity contribution is 6.03. The molecule has 160 valence electrons. The predicted molar refractivity (Wildman–Crippen MR) is 113 cm³/mol. The SMILES string of the molecule is COc1cc(OC)c(C(=O)CN2CCC[C@H]2C(=O)NCc2ccccc2)c(OC)c1. The highest BCUT2D eigenvalue weighted by atomic mass is 16.5. The number of methoxy groups -OCH3 is 3. The summed E-state index contributed by atoms with van der Waals surface area (Å²) in [5.74, 6) is 1.10. The molecule has 0 bridgehead atoms. The standard InChI is InChI=1S/C23H28N2O5/c1-28-17-12-20(29-2)22(21(13-17)30-3)19(26)15-25-11-7-10-18(25)23(27)24-14-16-8-5-4-6-9-16/h4-6,8-9,12-13,18H,7,10-11,14-15H2,1-3H3,(H,24,27)/t18-/m0/s1. The lowest BCUT2D eigenvalue weighted by atomic mass is 10.1. The van der Waals surface area contributed by atoms with Crippen LogP contribution in [0.1, 0.15) is 28.8 Å². The molecular formula is C23H28N2O5. The molecule has 0 radical (unpaired) electrons. The molecule has 1 fully saturated rings. The van der Waals surface area contributed by atoms with Gasteiger partial charge in [0.1, 0.15) is 22.8 Å². The van der Waals surface area contributed by atoms with Gasteiger partial charge < -0.3 is 19.5 Å². The summed E-state index contributed by atoms with van der Waals surface area (Å²) in [7, 11) is 4.54. The van der Waals surface area contributed by atoms with E-state index in [1.54, 1.807) is 19.2 Å². The number of likely N-dealkylation sites (tertiary alicyclic amines) is 1. The third-order valence-corrected chi connectivity index (χ3v) is 5.32. The van der Waals surface area contributed by atoms with Crippen LogP contribution in [0.25, 0.3) is 0 Å². The number of rotatable bonds is 9. The molecule has 2 aromatic carbocycles. The van der Waals surface area contributed by atoms with Gasteiger partial charge in [0.15, 0.2) is 5.78 Å². The van der Waals surface area contributed by atoms with Crippen LogP contribution < -0.4 is 19.5 Å². The molecule has 1 heterocycles. The minimum atomic E-state index is -0.326. The molecule has 1 aliphatic rings. The summed E-state index contributed by atoms with van der Waals surface area (Å²) in [6.45, 7) is 1.27. The van der Waals surface area contributed by atoms with E-state index in [2.05, 4.69) is 5.32 Å². The number of hydrogen-bond donors (Lipinski definition) is 1. The molecule has 1 aliphatic heterocycles. The average molecular weight is 412 g/mol. The van der Waals surface area contributed by atoms with Crippen LogP contribution in [0.2, 0.25) is 0 Å². The molecule has 0 unspecified atom stereocenters. The first-order chi connectivity index (χ1) is 14.6. The van der Waals surface area contributed by atoms with Crippen molar-refractivity contribution in [2.24, 2.45) is 0 Å². The molecule has 0 aromatic heterocycles. The lowest BCUT2D eigenvalue weighted by molar-refractivity contribution is -0.125. The Morgan fingerprint density at radius 3 is 2.30 bits per heavy atom. The zero-order chi connectivity index (χ0) is 21.5. The van der Waals surface area contributed by atoms with Crippen molar-refractivity contribution in [1.82, 2.24) is 10.2 Å². The van der Waals surface area contributed by atoms with Gasteiger partial charge in [0.05, 0.1) is 33.9 Å². The second-order valence-corrected chi connectivity index (χ2v) is 7.16. The van der Waals surface area contributed by atoms with Crippen LogP contribution in [0.4, 0.5) is 0 Å². The fraction of sp³-hybridized carbons (Fsp3) is 0.391. The van der Waals surface area contributed by atoms with Crippen LogP contribution in [0.15, 0.2) is 42.5 Å². The summed E-state index contributed by atoms with van der Waals surface area (Å²) in [5, 5.41) is 2.99. The Morgan fingerprint density at radius 1 is 1.03 bits per heavy atom. The molecule has 30 heavy (non-hydrogen) atoms. The van der Waals surface area contributed by atoms with Gasteiger partial charge in [-0.15, -0.1) is 0 Å². The maximum Gasteiger partial charge on any atom is 0.237 e. The smallest absolute Gasteiger partial charge is 0.237 e. The summed E-state index contributed by atoms with van der Waals surface area (Å²) < 4.78 is 16.0. The number of hydrogen-bond acceptors (Lipinski definition) is 6. The summed E-state index contributed by atoms with van der Waals surface area (Å²) in [6.07, 6.45) is 1.60. The summed E-state index contributed by atoms with van der Waals surface area (Å²) in [5.41, 5.74) is 1.40. The molecule has 1 amide bonds. The Labute approximate surface area is 176 Å². The fourth-order valence-corrected chi connectivity index (χ4v) is 3.76. The van der Waals surface area contributed by atoms with Gasteiger partial charge in [-0.05, 0) is 24.9 Å². The number of Topliss-reactive ketones (excluding diaryl/α,β-unsaturated/α-hetero) is 1. The normalized spacial score (nSPS) is 16.2. The van der Waals surface area contributed by atoms with Crippen LogP contribution in [0.5, 0.6) is 17.2 Å². The van der Waals surface area contributed by atoms with Crippen molar-refractivity contribution in [2.75, 3.05) is 34.4 Å². The predicted octanol–water partition coefficient (Wildman–Crippen LogP) is 2.68. The lowest BCUT2D eigenvalue weighted by Gasteiger charge is -2.24. The van der Waals surface area contributed by atoms with Crippen LogP contribution >= 0.6 is 0 Å². The van der Waals surface area contributed by atoms with Crippen molar-refractivity contribution in [1.29, 1.82) is 0 Å². The molecule has 0 aliphatic carbocycles. The zero-order valence-corrected chi connectivity index (χ0v) is 17.6. The molecule has 2 aromatic rings. The molecule has 1 saturated heterocycles. The van der Waals surface area contributed by atoms with Crippen LogP contribution in [-0.2, 0) is 11.3 Å². The van der Waals surface area contributed by atoms with Gasteiger partial charge in [0, 0.05) is 18.7 Å². The van der Waals surface area contributed by atoms with Gasteiger partial charge in [-0.25, -0.2) is 0 Å². The number of benzene rings is 2. The number of ether oxygens (including phenoxy) is 3. The maximum atomic E-state index is 13.1. The first-order valence-corrected chi connectivity index (χ1v) is 9.96. The number of carbonyl (C=O) groups excluding carboxylic acids is 2. The maximum absolute atomic E-state index is 13.1. The monoisotopic (exact) mass is 412 g/mol. The number of ketones is 1. The first-order valence-electron chi connectivity index (χ1n) is 9.96. The van der Waals surface area contributed by atoms with E-state index in [1.165, 1.54) is 14.2 Å². The molecule has 3 rings (SSSR count). The van der Waals surface area contributed by atoms with Crippen molar-refractivity contribution in [2.45, 2.75) is 25.4 Å². The zero-order valence-electron chi connectivity index (χ0n) is 17.6. The van der Waals surface area contributed by atoms with Gasteiger partial charge in [-0.1, -0.05) is 30.3 Å². The third-order valence-electron chi connectivity index (χ3n) is 5.32. The Balaban J connectivity index is 1.70. The number of carbonyl (C=O) groups is 2. The van der Waals surface area contributed by atoms with E-state index in [9.17, 15) is 9.59 Å². The minimum absolute atomic E-state index is 0.0576. The number of amides is 1. The molecule has 1 N–H and O–H groups in total. The van der Waals surface area contributed by atoms with Crippen molar-refractivity contribution in [3.8, 4) is 17.2 Å². The second-order valence-electron chi connectivity index (χ2n) is 7.16. The van der Waals surface area contributed by atoms with Gasteiger partial charge in [-0.3, -0.25) is 14.5 Å². The van der Waals surface area contributed by atoms with E-state index >= 15 is 0 Å². The van der Waals surface area contributed by atoms with Crippen molar-refractivity contribution < 1.29 is 23.8 Å². The van der Waals surface area contributed by atoms with Crippen LogP contribution in [0, 0.1) is 0 Å². The highest BCUT2D eigenvalue weighted by Crippen LogP contribution is 2.35. The highest BCUT2D eigenvalue weighted by Gasteiger charge is 2.33. The molecule has 1 atom stereocenters. The van der Waals surface area contributed by atoms with Gasteiger partial charge >= 0.3 is 0 Å².